The third-order valence-corrected chi connectivity index (χ3v) is 9.73. The van der Waals surface area contributed by atoms with Gasteiger partial charge in [-0.05, 0) is 61.9 Å². The zero-order valence-corrected chi connectivity index (χ0v) is 24.0. The highest BCUT2D eigenvalue weighted by atomic mass is 35.5. The second-order valence-electron chi connectivity index (χ2n) is 10.3. The minimum Gasteiger partial charge on any atom is -0.497 e. The van der Waals surface area contributed by atoms with Crippen LogP contribution in [0.5, 0.6) is 5.75 Å². The Labute approximate surface area is 238 Å². The average molecular weight is 580 g/mol. The smallest absolute Gasteiger partial charge is 0.254 e. The predicted octanol–water partition coefficient (Wildman–Crippen LogP) is 4.39. The van der Waals surface area contributed by atoms with Gasteiger partial charge in [0.25, 0.3) is 5.91 Å². The van der Waals surface area contributed by atoms with Crippen molar-refractivity contribution in [3.8, 4) is 17.0 Å². The number of anilines is 1. The average Bonchev–Trinajstić information content (AvgIpc) is 3.50. The monoisotopic (exact) mass is 579 g/mol. The molecule has 1 atom stereocenters. The van der Waals surface area contributed by atoms with Gasteiger partial charge in [-0.1, -0.05) is 17.7 Å². The first-order chi connectivity index (χ1) is 19.2. The van der Waals surface area contributed by atoms with Crippen molar-refractivity contribution in [2.24, 2.45) is 0 Å². The Morgan fingerprint density at radius 3 is 2.45 bits per heavy atom. The van der Waals surface area contributed by atoms with E-state index in [4.69, 9.17) is 26.4 Å². The van der Waals surface area contributed by atoms with Crippen LogP contribution in [0.1, 0.15) is 28.5 Å². The van der Waals surface area contributed by atoms with E-state index in [1.165, 1.54) is 0 Å². The molecule has 1 amide bonds. The number of carbonyl (C=O) groups is 1. The maximum Gasteiger partial charge on any atom is 0.254 e. The van der Waals surface area contributed by atoms with E-state index < -0.39 is 9.84 Å². The number of aryl methyl sites for hydroxylation is 1. The molecule has 2 aliphatic rings. The molecule has 1 unspecified atom stereocenters. The number of hydrogen-bond donors (Lipinski definition) is 0. The summed E-state index contributed by atoms with van der Waals surface area (Å²) in [5.41, 5.74) is 4.21. The molecule has 40 heavy (non-hydrogen) atoms. The van der Waals surface area contributed by atoms with Crippen LogP contribution < -0.4 is 9.64 Å². The van der Waals surface area contributed by atoms with E-state index in [-0.39, 0.29) is 23.5 Å². The topological polar surface area (TPSA) is 97.6 Å². The summed E-state index contributed by atoms with van der Waals surface area (Å²) in [5.74, 6) is 0.774. The summed E-state index contributed by atoms with van der Waals surface area (Å²) in [7, 11) is -1.53. The molecule has 0 spiro atoms. The van der Waals surface area contributed by atoms with E-state index in [0.29, 0.717) is 65.6 Å². The molecule has 2 fully saturated rings. The van der Waals surface area contributed by atoms with Crippen molar-refractivity contribution < 1.29 is 17.9 Å². The SMILES string of the molecule is COc1ccc(-c2cc(C(=O)N3CCN(c4cccc(Cl)c4)CC3)c3c(C)nn(C4CCS(=O)(=O)C4)c3n2)cc1. The Balaban J connectivity index is 1.38. The first-order valence-corrected chi connectivity index (χ1v) is 15.5. The van der Waals surface area contributed by atoms with Gasteiger partial charge in [0.2, 0.25) is 0 Å². The summed E-state index contributed by atoms with van der Waals surface area (Å²) < 4.78 is 31.6. The van der Waals surface area contributed by atoms with E-state index in [1.807, 2.05) is 66.4 Å². The molecule has 0 saturated carbocycles. The summed E-state index contributed by atoms with van der Waals surface area (Å²) >= 11 is 6.20. The van der Waals surface area contributed by atoms with Crippen LogP contribution >= 0.6 is 11.6 Å². The third kappa shape index (κ3) is 5.01. The maximum atomic E-state index is 14.1. The van der Waals surface area contributed by atoms with E-state index in [2.05, 4.69) is 4.90 Å². The van der Waals surface area contributed by atoms with Gasteiger partial charge in [0.1, 0.15) is 5.75 Å². The Morgan fingerprint density at radius 1 is 1.05 bits per heavy atom. The number of methoxy groups -OCH3 is 1. The zero-order chi connectivity index (χ0) is 28.0. The number of hydrogen-bond acceptors (Lipinski definition) is 7. The number of ether oxygens (including phenoxy) is 1. The first kappa shape index (κ1) is 26.6. The van der Waals surface area contributed by atoms with Crippen molar-refractivity contribution >= 4 is 44.1 Å². The summed E-state index contributed by atoms with van der Waals surface area (Å²) in [5, 5.41) is 6.08. The zero-order valence-electron chi connectivity index (χ0n) is 22.4. The fraction of sp³-hybridized carbons (Fsp3) is 0.345. The maximum absolute atomic E-state index is 14.1. The molecule has 0 N–H and O–H groups in total. The number of rotatable bonds is 5. The van der Waals surface area contributed by atoms with Crippen LogP contribution in [0.25, 0.3) is 22.3 Å². The molecule has 2 saturated heterocycles. The molecule has 2 aromatic carbocycles. The highest BCUT2D eigenvalue weighted by molar-refractivity contribution is 7.91. The highest BCUT2D eigenvalue weighted by Crippen LogP contribution is 2.33. The number of fused-ring (bicyclic) bond motifs is 1. The number of carbonyl (C=O) groups excluding carboxylic acids is 1. The van der Waals surface area contributed by atoms with Crippen LogP contribution in [0.2, 0.25) is 5.02 Å². The number of nitrogens with zero attached hydrogens (tertiary/aromatic N) is 5. The van der Waals surface area contributed by atoms with Crippen molar-refractivity contribution in [3.63, 3.8) is 0 Å². The molecule has 11 heteroatoms. The lowest BCUT2D eigenvalue weighted by Crippen LogP contribution is -2.48. The summed E-state index contributed by atoms with van der Waals surface area (Å²) in [6.45, 7) is 4.33. The summed E-state index contributed by atoms with van der Waals surface area (Å²) in [6.07, 6.45) is 0.474. The Morgan fingerprint density at radius 2 is 1.80 bits per heavy atom. The number of benzene rings is 2. The van der Waals surface area contributed by atoms with Gasteiger partial charge in [-0.3, -0.25) is 4.79 Å². The van der Waals surface area contributed by atoms with E-state index >= 15 is 0 Å². The molecule has 0 aliphatic carbocycles. The minimum atomic E-state index is -3.14. The van der Waals surface area contributed by atoms with E-state index in [9.17, 15) is 13.2 Å². The Kier molecular flexibility index (Phi) is 6.92. The Bertz CT molecular complexity index is 1700. The second-order valence-corrected chi connectivity index (χ2v) is 13.0. The number of aromatic nitrogens is 3. The quantitative estimate of drug-likeness (QED) is 0.346. The number of amides is 1. The van der Waals surface area contributed by atoms with Gasteiger partial charge in [-0.15, -0.1) is 0 Å². The predicted molar refractivity (Wildman–Crippen MR) is 156 cm³/mol. The van der Waals surface area contributed by atoms with Gasteiger partial charge in [0.05, 0.1) is 47.0 Å². The summed E-state index contributed by atoms with van der Waals surface area (Å²) in [6, 6.07) is 16.8. The van der Waals surface area contributed by atoms with E-state index in [1.54, 1.807) is 11.8 Å². The molecule has 6 rings (SSSR count). The molecule has 208 valence electrons. The number of piperazine rings is 1. The fourth-order valence-corrected chi connectivity index (χ4v) is 7.50. The molecule has 4 heterocycles. The molecular weight excluding hydrogens is 550 g/mol. The van der Waals surface area contributed by atoms with Gasteiger partial charge >= 0.3 is 0 Å². The molecule has 4 aromatic rings. The molecule has 0 radical (unpaired) electrons. The molecule has 2 aromatic heterocycles. The second kappa shape index (κ2) is 10.4. The van der Waals surface area contributed by atoms with Gasteiger partial charge in [0.15, 0.2) is 15.5 Å². The van der Waals surface area contributed by atoms with Gasteiger partial charge in [-0.2, -0.15) is 5.10 Å². The lowest BCUT2D eigenvalue weighted by atomic mass is 10.0. The molecular formula is C29H30ClN5O4S. The molecule has 2 aliphatic heterocycles. The van der Waals surface area contributed by atoms with Crippen molar-refractivity contribution in [2.75, 3.05) is 49.7 Å². The standard InChI is InChI=1S/C29H30ClN5O4S/c1-19-27-25(29(36)34-13-11-33(12-14-34)22-5-3-4-21(30)16-22)17-26(20-6-8-24(39-2)9-7-20)31-28(27)35(32-19)23-10-15-40(37,38)18-23/h3-9,16-17,23H,10-15,18H2,1-2H3. The normalized spacial score (nSPS) is 18.8. The summed E-state index contributed by atoms with van der Waals surface area (Å²) in [4.78, 5) is 23.1. The van der Waals surface area contributed by atoms with Crippen molar-refractivity contribution in [1.29, 1.82) is 0 Å². The van der Waals surface area contributed by atoms with Crippen LogP contribution in [0, 0.1) is 6.92 Å². The van der Waals surface area contributed by atoms with E-state index in [0.717, 1.165) is 17.0 Å². The third-order valence-electron chi connectivity index (χ3n) is 7.75. The lowest BCUT2D eigenvalue weighted by Gasteiger charge is -2.36. The molecule has 9 nitrogen and oxygen atoms in total. The fourth-order valence-electron chi connectivity index (χ4n) is 5.63. The van der Waals surface area contributed by atoms with Gasteiger partial charge in [-0.25, -0.2) is 18.1 Å². The number of halogens is 1. The van der Waals surface area contributed by atoms with Crippen molar-refractivity contribution in [3.05, 3.63) is 70.9 Å². The van der Waals surface area contributed by atoms with Crippen LogP contribution in [0.4, 0.5) is 5.69 Å². The minimum absolute atomic E-state index is 0.0202. The van der Waals surface area contributed by atoms with Gasteiger partial charge < -0.3 is 14.5 Å². The van der Waals surface area contributed by atoms with Gasteiger partial charge in [0, 0.05) is 42.5 Å². The largest absolute Gasteiger partial charge is 0.497 e. The lowest BCUT2D eigenvalue weighted by molar-refractivity contribution is 0.0748. The Hall–Kier alpha value is -3.63. The van der Waals surface area contributed by atoms with Crippen LogP contribution in [-0.4, -0.2) is 78.8 Å². The highest BCUT2D eigenvalue weighted by Gasteiger charge is 2.33. The number of pyridine rings is 1. The number of sulfone groups is 1. The van der Waals surface area contributed by atoms with Crippen LogP contribution in [0.15, 0.2) is 54.6 Å². The molecule has 0 bridgehead atoms. The van der Waals surface area contributed by atoms with Crippen LogP contribution in [-0.2, 0) is 9.84 Å². The first-order valence-electron chi connectivity index (χ1n) is 13.3. The van der Waals surface area contributed by atoms with Crippen molar-refractivity contribution in [2.45, 2.75) is 19.4 Å². The van der Waals surface area contributed by atoms with Crippen molar-refractivity contribution in [1.82, 2.24) is 19.7 Å². The van der Waals surface area contributed by atoms with Crippen LogP contribution in [0.3, 0.4) is 0 Å².